The van der Waals surface area contributed by atoms with Gasteiger partial charge in [0.15, 0.2) is 0 Å². The highest BCUT2D eigenvalue weighted by molar-refractivity contribution is 5.75. The van der Waals surface area contributed by atoms with Crippen LogP contribution in [0.5, 0.6) is 0 Å². The summed E-state index contributed by atoms with van der Waals surface area (Å²) in [6.45, 7) is -0.0342. The molecular formula is C14H28N2O10. The number of carbonyl (C=O) groups excluding carboxylic acids is 2. The maximum Gasteiger partial charge on any atom is 0.303 e. The molecule has 8 N–H and O–H groups in total. The summed E-state index contributed by atoms with van der Waals surface area (Å²) in [7, 11) is 0. The number of aliphatic carboxylic acids is 2. The second-order valence-electron chi connectivity index (χ2n) is 4.48. The number of hydrogen-bond donors (Lipinski definition) is 6. The first-order valence-corrected chi connectivity index (χ1v) is 7.54. The molecular weight excluding hydrogens is 356 g/mol. The van der Waals surface area contributed by atoms with Gasteiger partial charge in [-0.25, -0.2) is 0 Å². The minimum atomic E-state index is -0.870. The molecule has 12 nitrogen and oxygen atoms in total. The molecule has 0 radical (unpaired) electrons. The van der Waals surface area contributed by atoms with Crippen molar-refractivity contribution in [2.24, 2.45) is 11.5 Å². The maximum absolute atomic E-state index is 9.90. The van der Waals surface area contributed by atoms with Gasteiger partial charge in [0, 0.05) is 12.8 Å². The fraction of sp³-hybridized carbons (Fsp3) is 0.714. The van der Waals surface area contributed by atoms with Gasteiger partial charge in [0.1, 0.15) is 13.2 Å². The highest BCUT2D eigenvalue weighted by Crippen LogP contribution is 1.98. The summed E-state index contributed by atoms with van der Waals surface area (Å²) in [5, 5.41) is 32.5. The zero-order valence-electron chi connectivity index (χ0n) is 14.5. The lowest BCUT2D eigenvalue weighted by atomic mass is 10.2. The van der Waals surface area contributed by atoms with Crippen molar-refractivity contribution >= 4 is 23.8 Å². The zero-order valence-corrected chi connectivity index (χ0v) is 14.5. The van der Waals surface area contributed by atoms with E-state index in [1.54, 1.807) is 0 Å². The zero-order chi connectivity index (χ0) is 20.8. The van der Waals surface area contributed by atoms with Crippen LogP contribution in [-0.2, 0) is 28.7 Å². The minimum absolute atomic E-state index is 0.0628. The predicted octanol–water partition coefficient (Wildman–Crippen LogP) is -2.32. The standard InChI is InChI=1S/C6H10O4.2C4H9NO3/c7-5(8)3-1-2-4-6(9)10;2*5-4(7)3-8-2-1-6/h1-4H2,(H,7,8)(H,9,10);2*6H,1-3H2,(H2,5,7). The molecule has 0 rings (SSSR count). The third-order valence-electron chi connectivity index (χ3n) is 1.99. The summed E-state index contributed by atoms with van der Waals surface area (Å²) >= 11 is 0. The molecule has 0 bridgehead atoms. The average Bonchev–Trinajstić information content (AvgIpc) is 2.52. The summed E-state index contributed by atoms with van der Waals surface area (Å²) in [4.78, 5) is 39.6. The molecule has 26 heavy (non-hydrogen) atoms. The molecule has 0 aromatic carbocycles. The van der Waals surface area contributed by atoms with Crippen molar-refractivity contribution in [2.45, 2.75) is 25.7 Å². The van der Waals surface area contributed by atoms with Crippen molar-refractivity contribution in [2.75, 3.05) is 39.6 Å². The number of carbonyl (C=O) groups is 4. The van der Waals surface area contributed by atoms with Crippen molar-refractivity contribution in [3.05, 3.63) is 0 Å². The van der Waals surface area contributed by atoms with Gasteiger partial charge in [0.05, 0.1) is 26.4 Å². The molecule has 2 amide bonds. The van der Waals surface area contributed by atoms with Gasteiger partial charge in [-0.05, 0) is 12.8 Å². The molecule has 0 atom stereocenters. The van der Waals surface area contributed by atoms with Crippen LogP contribution in [0.25, 0.3) is 0 Å². The first-order chi connectivity index (χ1) is 12.2. The van der Waals surface area contributed by atoms with E-state index in [-0.39, 0.29) is 52.5 Å². The van der Waals surface area contributed by atoms with Gasteiger partial charge in [-0.15, -0.1) is 0 Å². The fourth-order valence-electron chi connectivity index (χ4n) is 1.03. The summed E-state index contributed by atoms with van der Waals surface area (Å²) in [5.74, 6) is -2.77. The van der Waals surface area contributed by atoms with Crippen LogP contribution >= 0.6 is 0 Å². The SMILES string of the molecule is NC(=O)COCCO.NC(=O)COCCO.O=C(O)CCCCC(=O)O. The van der Waals surface area contributed by atoms with Crippen LogP contribution in [0.15, 0.2) is 0 Å². The normalized spacial score (nSPS) is 9.15. The van der Waals surface area contributed by atoms with E-state index in [0.717, 1.165) is 0 Å². The Morgan fingerprint density at radius 1 is 0.692 bits per heavy atom. The van der Waals surface area contributed by atoms with Gasteiger partial charge in [-0.3, -0.25) is 19.2 Å². The first-order valence-electron chi connectivity index (χ1n) is 7.54. The Labute approximate surface area is 150 Å². The number of ether oxygens (including phenoxy) is 2. The molecule has 0 fully saturated rings. The van der Waals surface area contributed by atoms with E-state index in [0.29, 0.717) is 12.8 Å². The van der Waals surface area contributed by atoms with E-state index in [4.69, 9.17) is 20.4 Å². The number of primary amides is 2. The van der Waals surface area contributed by atoms with Crippen LogP contribution in [0.1, 0.15) is 25.7 Å². The van der Waals surface area contributed by atoms with Crippen molar-refractivity contribution in [3.8, 4) is 0 Å². The van der Waals surface area contributed by atoms with Crippen LogP contribution in [0.2, 0.25) is 0 Å². The minimum Gasteiger partial charge on any atom is -0.481 e. The van der Waals surface area contributed by atoms with Crippen LogP contribution in [-0.4, -0.2) is 83.8 Å². The Bertz CT molecular complexity index is 354. The lowest BCUT2D eigenvalue weighted by molar-refractivity contribution is -0.139. The van der Waals surface area contributed by atoms with Crippen molar-refractivity contribution < 1.29 is 49.1 Å². The second kappa shape index (κ2) is 22.7. The Morgan fingerprint density at radius 3 is 1.19 bits per heavy atom. The monoisotopic (exact) mass is 384 g/mol. The van der Waals surface area contributed by atoms with Crippen LogP contribution in [0.4, 0.5) is 0 Å². The van der Waals surface area contributed by atoms with Gasteiger partial charge in [0.2, 0.25) is 11.8 Å². The Hall–Kier alpha value is -2.28. The largest absolute Gasteiger partial charge is 0.481 e. The molecule has 0 unspecified atom stereocenters. The lowest BCUT2D eigenvalue weighted by Crippen LogP contribution is -2.19. The molecule has 0 spiro atoms. The number of carboxylic acids is 2. The molecule has 0 aliphatic carbocycles. The van der Waals surface area contributed by atoms with Gasteiger partial charge in [-0.2, -0.15) is 0 Å². The second-order valence-corrected chi connectivity index (χ2v) is 4.48. The molecule has 0 heterocycles. The topological polar surface area (TPSA) is 220 Å². The Morgan fingerprint density at radius 2 is 1.00 bits per heavy atom. The van der Waals surface area contributed by atoms with E-state index in [1.807, 2.05) is 0 Å². The van der Waals surface area contributed by atoms with Crippen molar-refractivity contribution in [1.82, 2.24) is 0 Å². The molecule has 0 aliphatic rings. The molecule has 0 aliphatic heterocycles. The van der Waals surface area contributed by atoms with Crippen LogP contribution in [0, 0.1) is 0 Å². The van der Waals surface area contributed by atoms with Crippen LogP contribution in [0.3, 0.4) is 0 Å². The first kappa shape index (κ1) is 28.5. The molecule has 0 saturated carbocycles. The molecule has 154 valence electrons. The average molecular weight is 384 g/mol. The van der Waals surface area contributed by atoms with E-state index >= 15 is 0 Å². The number of unbranched alkanes of at least 4 members (excludes halogenated alkanes) is 1. The van der Waals surface area contributed by atoms with Gasteiger partial charge >= 0.3 is 11.9 Å². The maximum atomic E-state index is 9.90. The summed E-state index contributed by atoms with van der Waals surface area (Å²) in [6, 6.07) is 0. The number of carboxylic acid groups (broad SMARTS) is 2. The number of aliphatic hydroxyl groups excluding tert-OH is 2. The van der Waals surface area contributed by atoms with Crippen LogP contribution < -0.4 is 11.5 Å². The molecule has 0 aromatic heterocycles. The van der Waals surface area contributed by atoms with E-state index in [2.05, 4.69) is 20.9 Å². The summed E-state index contributed by atoms with van der Waals surface area (Å²) < 4.78 is 9.04. The predicted molar refractivity (Wildman–Crippen MR) is 87.9 cm³/mol. The van der Waals surface area contributed by atoms with Gasteiger partial charge in [0.25, 0.3) is 0 Å². The third kappa shape index (κ3) is 43.0. The number of rotatable bonds is 13. The fourth-order valence-corrected chi connectivity index (χ4v) is 1.03. The highest BCUT2D eigenvalue weighted by atomic mass is 16.5. The third-order valence-corrected chi connectivity index (χ3v) is 1.99. The smallest absolute Gasteiger partial charge is 0.303 e. The highest BCUT2D eigenvalue weighted by Gasteiger charge is 1.99. The Balaban J connectivity index is -0.000000308. The molecule has 12 heteroatoms. The lowest BCUT2D eigenvalue weighted by Gasteiger charge is -1.94. The number of amides is 2. The quantitative estimate of drug-likeness (QED) is 0.186. The van der Waals surface area contributed by atoms with E-state index in [9.17, 15) is 19.2 Å². The van der Waals surface area contributed by atoms with Gasteiger partial charge in [-0.1, -0.05) is 0 Å². The summed E-state index contributed by atoms with van der Waals surface area (Å²) in [5.41, 5.74) is 9.38. The van der Waals surface area contributed by atoms with Crippen molar-refractivity contribution in [3.63, 3.8) is 0 Å². The molecule has 0 aromatic rings. The van der Waals surface area contributed by atoms with Crippen molar-refractivity contribution in [1.29, 1.82) is 0 Å². The number of aliphatic hydroxyl groups is 2. The summed E-state index contributed by atoms with van der Waals surface area (Å²) in [6.07, 6.45) is 1.02. The van der Waals surface area contributed by atoms with E-state index in [1.165, 1.54) is 0 Å². The molecule has 0 saturated heterocycles. The number of nitrogens with two attached hydrogens (primary N) is 2. The van der Waals surface area contributed by atoms with E-state index < -0.39 is 23.8 Å². The number of hydrogen-bond acceptors (Lipinski definition) is 8. The Kier molecular flexibility index (Phi) is 24.9. The van der Waals surface area contributed by atoms with Gasteiger partial charge < -0.3 is 41.4 Å².